The van der Waals surface area contributed by atoms with Crippen molar-refractivity contribution in [1.82, 2.24) is 0 Å². The van der Waals surface area contributed by atoms with Crippen molar-refractivity contribution in [1.29, 1.82) is 0 Å². The number of rotatable bonds is 0. The number of quaternary nitrogens is 1. The van der Waals surface area contributed by atoms with Gasteiger partial charge < -0.3 is 4.90 Å². The normalized spacial score (nSPS) is 42.2. The summed E-state index contributed by atoms with van der Waals surface area (Å²) in [5.41, 5.74) is 4.32. The van der Waals surface area contributed by atoms with Crippen molar-refractivity contribution in [3.05, 3.63) is 11.1 Å². The van der Waals surface area contributed by atoms with E-state index in [1.165, 1.54) is 58.0 Å². The first-order valence-electron chi connectivity index (χ1n) is 6.37. The van der Waals surface area contributed by atoms with E-state index in [0.717, 1.165) is 0 Å². The third-order valence-electron chi connectivity index (χ3n) is 4.91. The molecule has 1 heteroatoms. The van der Waals surface area contributed by atoms with E-state index in [4.69, 9.17) is 0 Å². The van der Waals surface area contributed by atoms with Crippen molar-refractivity contribution in [3.8, 4) is 0 Å². The molecule has 14 heavy (non-hydrogen) atoms. The van der Waals surface area contributed by atoms with E-state index in [1.54, 1.807) is 0 Å². The van der Waals surface area contributed by atoms with E-state index in [2.05, 4.69) is 6.92 Å². The van der Waals surface area contributed by atoms with Gasteiger partial charge in [0.25, 0.3) is 0 Å². The highest BCUT2D eigenvalue weighted by Gasteiger charge is 2.46. The van der Waals surface area contributed by atoms with Gasteiger partial charge >= 0.3 is 0 Å². The number of piperidine rings is 1. The predicted molar refractivity (Wildman–Crippen MR) is 58.4 cm³/mol. The quantitative estimate of drug-likeness (QED) is 0.557. The first-order chi connectivity index (χ1) is 6.81. The molecule has 0 bridgehead atoms. The van der Waals surface area contributed by atoms with E-state index < -0.39 is 0 Å². The van der Waals surface area contributed by atoms with Crippen LogP contribution in [0.1, 0.15) is 51.9 Å². The molecule has 0 aromatic rings. The van der Waals surface area contributed by atoms with Gasteiger partial charge in [-0.05, 0) is 44.6 Å². The van der Waals surface area contributed by atoms with Crippen molar-refractivity contribution < 1.29 is 4.90 Å². The summed E-state index contributed by atoms with van der Waals surface area (Å²) in [5, 5.41) is 0. The van der Waals surface area contributed by atoms with Gasteiger partial charge in [0.15, 0.2) is 0 Å². The molecular formula is C13H22N+. The first kappa shape index (κ1) is 8.96. The van der Waals surface area contributed by atoms with Crippen LogP contribution in [0.25, 0.3) is 0 Å². The Kier molecular flexibility index (Phi) is 1.98. The van der Waals surface area contributed by atoms with Gasteiger partial charge in [-0.25, -0.2) is 0 Å². The molecule has 3 rings (SSSR count). The molecule has 0 aromatic carbocycles. The Morgan fingerprint density at radius 2 is 1.93 bits per heavy atom. The minimum absolute atomic E-state index is 0.572. The highest BCUT2D eigenvalue weighted by atomic mass is 15.2. The van der Waals surface area contributed by atoms with Crippen molar-refractivity contribution in [2.45, 2.75) is 57.4 Å². The van der Waals surface area contributed by atoms with Crippen molar-refractivity contribution in [2.24, 2.45) is 0 Å². The molecular weight excluding hydrogens is 170 g/mol. The zero-order valence-electron chi connectivity index (χ0n) is 9.36. The second-order valence-corrected chi connectivity index (χ2v) is 5.58. The zero-order valence-corrected chi connectivity index (χ0v) is 9.36. The third-order valence-corrected chi connectivity index (χ3v) is 4.91. The van der Waals surface area contributed by atoms with Crippen molar-refractivity contribution in [3.63, 3.8) is 0 Å². The Labute approximate surface area is 87.2 Å². The second kappa shape index (κ2) is 3.10. The number of nitrogens with one attached hydrogen (secondary N) is 1. The van der Waals surface area contributed by atoms with Gasteiger partial charge in [0.05, 0.1) is 13.1 Å². The molecule has 1 saturated heterocycles. The molecule has 0 spiro atoms. The van der Waals surface area contributed by atoms with Crippen LogP contribution in [0, 0.1) is 0 Å². The molecule has 1 aliphatic carbocycles. The Morgan fingerprint density at radius 1 is 1.00 bits per heavy atom. The van der Waals surface area contributed by atoms with Crippen LogP contribution in [-0.2, 0) is 0 Å². The smallest absolute Gasteiger partial charge is 0.117 e. The Bertz CT molecular complexity index is 279. The molecule has 0 saturated carbocycles. The van der Waals surface area contributed by atoms with Crippen LogP contribution in [0.15, 0.2) is 11.1 Å². The van der Waals surface area contributed by atoms with E-state index in [9.17, 15) is 0 Å². The average molecular weight is 192 g/mol. The van der Waals surface area contributed by atoms with E-state index >= 15 is 0 Å². The number of hydrogen-bond donors (Lipinski definition) is 1. The lowest BCUT2D eigenvalue weighted by Gasteiger charge is -2.46. The van der Waals surface area contributed by atoms with Crippen LogP contribution in [0.3, 0.4) is 0 Å². The van der Waals surface area contributed by atoms with Crippen LogP contribution < -0.4 is 4.90 Å². The lowest BCUT2D eigenvalue weighted by molar-refractivity contribution is -0.952. The maximum Gasteiger partial charge on any atom is 0.117 e. The number of hydrogen-bond acceptors (Lipinski definition) is 0. The Morgan fingerprint density at radius 3 is 2.86 bits per heavy atom. The summed E-state index contributed by atoms with van der Waals surface area (Å²) in [7, 11) is 0. The molecule has 1 N–H and O–H groups in total. The van der Waals surface area contributed by atoms with Gasteiger partial charge in [0, 0.05) is 12.8 Å². The summed E-state index contributed by atoms with van der Waals surface area (Å²) < 4.78 is 0. The fraction of sp³-hybridized carbons (Fsp3) is 0.846. The van der Waals surface area contributed by atoms with Crippen LogP contribution in [0.4, 0.5) is 0 Å². The third kappa shape index (κ3) is 1.11. The molecule has 1 nitrogen and oxygen atoms in total. The van der Waals surface area contributed by atoms with Gasteiger partial charge in [0.2, 0.25) is 0 Å². The molecule has 2 aliphatic heterocycles. The van der Waals surface area contributed by atoms with E-state index in [1.807, 2.05) is 16.0 Å². The Balaban J connectivity index is 1.98. The number of fused-ring (bicyclic) bond motifs is 2. The molecule has 0 radical (unpaired) electrons. The molecule has 0 amide bonds. The summed E-state index contributed by atoms with van der Waals surface area (Å²) in [6.07, 6.45) is 10.1. The topological polar surface area (TPSA) is 4.44 Å². The summed E-state index contributed by atoms with van der Waals surface area (Å²) in [5.74, 6) is 0. The monoisotopic (exact) mass is 192 g/mol. The van der Waals surface area contributed by atoms with Gasteiger partial charge in [-0.3, -0.25) is 0 Å². The highest BCUT2D eigenvalue weighted by molar-refractivity contribution is 5.29. The lowest BCUT2D eigenvalue weighted by atomic mass is 9.77. The first-order valence-corrected chi connectivity index (χ1v) is 6.37. The van der Waals surface area contributed by atoms with Gasteiger partial charge in [-0.1, -0.05) is 5.57 Å². The van der Waals surface area contributed by atoms with Crippen molar-refractivity contribution in [2.75, 3.05) is 13.1 Å². The van der Waals surface area contributed by atoms with Gasteiger partial charge in [0.1, 0.15) is 5.54 Å². The summed E-state index contributed by atoms with van der Waals surface area (Å²) in [4.78, 5) is 1.91. The molecule has 1 unspecified atom stereocenters. The van der Waals surface area contributed by atoms with Gasteiger partial charge in [-0.15, -0.1) is 0 Å². The molecule has 1 fully saturated rings. The summed E-state index contributed by atoms with van der Waals surface area (Å²) in [6.45, 7) is 5.41. The average Bonchev–Trinajstić information content (AvgIpc) is 2.66. The van der Waals surface area contributed by atoms with Crippen molar-refractivity contribution >= 4 is 0 Å². The molecule has 3 aliphatic rings. The van der Waals surface area contributed by atoms with Gasteiger partial charge in [-0.2, -0.15) is 0 Å². The summed E-state index contributed by atoms with van der Waals surface area (Å²) >= 11 is 0. The maximum atomic E-state index is 2.54. The second-order valence-electron chi connectivity index (χ2n) is 5.58. The van der Waals surface area contributed by atoms with E-state index in [-0.39, 0.29) is 0 Å². The SMILES string of the molecule is C[C@@]12CCCC[NH+]1CCC1=C2CCC1. The Hall–Kier alpha value is -0.300. The fourth-order valence-corrected chi connectivity index (χ4v) is 4.08. The summed E-state index contributed by atoms with van der Waals surface area (Å²) in [6, 6.07) is 0. The standard InChI is InChI=1S/C13H21N/c1-13-8-2-3-9-14(13)10-7-11-5-4-6-12(11)13/h2-10H2,1H3/p+1/t13-/m0/s1. The van der Waals surface area contributed by atoms with E-state index in [0.29, 0.717) is 5.54 Å². The molecule has 2 heterocycles. The minimum Gasteiger partial charge on any atom is -0.327 e. The molecule has 0 aromatic heterocycles. The van der Waals surface area contributed by atoms with Crippen LogP contribution in [-0.4, -0.2) is 18.6 Å². The van der Waals surface area contributed by atoms with Crippen LogP contribution in [0.2, 0.25) is 0 Å². The largest absolute Gasteiger partial charge is 0.327 e. The fourth-order valence-electron chi connectivity index (χ4n) is 4.08. The van der Waals surface area contributed by atoms with Crippen LogP contribution in [0.5, 0.6) is 0 Å². The molecule has 2 atom stereocenters. The zero-order chi connectivity index (χ0) is 9.60. The predicted octanol–water partition coefficient (Wildman–Crippen LogP) is 1.70. The molecule has 78 valence electrons. The van der Waals surface area contributed by atoms with Crippen LogP contribution >= 0.6 is 0 Å². The maximum absolute atomic E-state index is 2.54. The highest BCUT2D eigenvalue weighted by Crippen LogP contribution is 2.39. The minimum atomic E-state index is 0.572. The lowest BCUT2D eigenvalue weighted by Crippen LogP contribution is -3.21.